The van der Waals surface area contributed by atoms with Gasteiger partial charge in [-0.1, -0.05) is 25.2 Å². The Hall–Kier alpha value is -0.130. The Morgan fingerprint density at radius 3 is 2.80 bits per heavy atom. The van der Waals surface area contributed by atoms with Gasteiger partial charge in [0.1, 0.15) is 0 Å². The minimum atomic E-state index is 0.691. The predicted molar refractivity (Wildman–Crippen MR) is 70.2 cm³/mol. The Bertz CT molecular complexity index is 191. The summed E-state index contributed by atoms with van der Waals surface area (Å²) in [6, 6.07) is 0.691. The summed E-state index contributed by atoms with van der Waals surface area (Å²) in [7, 11) is 0. The molecule has 1 atom stereocenters. The molecule has 1 nitrogen and oxygen atoms in total. The second-order valence-electron chi connectivity index (χ2n) is 4.40. The molecule has 0 radical (unpaired) electrons. The van der Waals surface area contributed by atoms with E-state index in [1.807, 2.05) is 11.8 Å². The number of rotatable bonds is 6. The number of nitrogens with one attached hydrogen (secondary N) is 1. The van der Waals surface area contributed by atoms with E-state index < -0.39 is 0 Å². The zero-order valence-electron chi connectivity index (χ0n) is 9.80. The Kier molecular flexibility index (Phi) is 6.96. The lowest BCUT2D eigenvalue weighted by molar-refractivity contribution is 0.285. The molecule has 2 heteroatoms. The Morgan fingerprint density at radius 1 is 1.40 bits per heavy atom. The Balaban J connectivity index is 2.02. The molecule has 15 heavy (non-hydrogen) atoms. The van der Waals surface area contributed by atoms with Crippen LogP contribution in [0.4, 0.5) is 0 Å². The number of thioether (sulfide) groups is 1. The maximum absolute atomic E-state index is 5.20. The molecule has 1 aliphatic rings. The molecule has 0 aliphatic heterocycles. The fraction of sp³-hybridized carbons (Fsp3) is 0.846. The first-order chi connectivity index (χ1) is 7.34. The fourth-order valence-corrected chi connectivity index (χ4v) is 2.82. The second kappa shape index (κ2) is 8.07. The van der Waals surface area contributed by atoms with Gasteiger partial charge in [-0.05, 0) is 25.7 Å². The van der Waals surface area contributed by atoms with Crippen molar-refractivity contribution < 1.29 is 0 Å². The first-order valence-corrected chi connectivity index (χ1v) is 7.24. The van der Waals surface area contributed by atoms with Gasteiger partial charge >= 0.3 is 0 Å². The molecular formula is C13H23NS. The summed E-state index contributed by atoms with van der Waals surface area (Å²) in [6.07, 6.45) is 12.4. The van der Waals surface area contributed by atoms with E-state index in [4.69, 9.17) is 6.42 Å². The summed E-state index contributed by atoms with van der Waals surface area (Å²) in [5, 5.41) is 3.62. The van der Waals surface area contributed by atoms with Gasteiger partial charge in [0.05, 0.1) is 5.75 Å². The molecule has 0 aromatic rings. The topological polar surface area (TPSA) is 12.0 Å². The third-order valence-corrected chi connectivity index (χ3v) is 4.12. The van der Waals surface area contributed by atoms with Gasteiger partial charge in [0.15, 0.2) is 0 Å². The molecule has 1 fully saturated rings. The minimum Gasteiger partial charge on any atom is -0.313 e. The standard InChI is InChI=1S/C13H23NS/c1-3-10-15-11-9-14-12(2)13-7-5-4-6-8-13/h1,12-14H,4-11H2,2H3. The maximum atomic E-state index is 5.20. The molecule has 0 heterocycles. The summed E-state index contributed by atoms with van der Waals surface area (Å²) in [5.41, 5.74) is 0. The van der Waals surface area contributed by atoms with Crippen molar-refractivity contribution in [2.24, 2.45) is 5.92 Å². The summed E-state index contributed by atoms with van der Waals surface area (Å²) in [6.45, 7) is 3.44. The first kappa shape index (κ1) is 12.9. The summed E-state index contributed by atoms with van der Waals surface area (Å²) in [5.74, 6) is 5.55. The monoisotopic (exact) mass is 225 g/mol. The summed E-state index contributed by atoms with van der Waals surface area (Å²) < 4.78 is 0. The van der Waals surface area contributed by atoms with Crippen LogP contribution in [-0.2, 0) is 0 Å². The van der Waals surface area contributed by atoms with Crippen LogP contribution in [0.3, 0.4) is 0 Å². The van der Waals surface area contributed by atoms with Crippen molar-refractivity contribution in [3.05, 3.63) is 0 Å². The number of terminal acetylenes is 1. The zero-order chi connectivity index (χ0) is 10.9. The highest BCUT2D eigenvalue weighted by Gasteiger charge is 2.18. The van der Waals surface area contributed by atoms with Crippen LogP contribution >= 0.6 is 11.8 Å². The van der Waals surface area contributed by atoms with E-state index >= 15 is 0 Å². The van der Waals surface area contributed by atoms with Gasteiger partial charge in [-0.2, -0.15) is 0 Å². The Morgan fingerprint density at radius 2 is 2.13 bits per heavy atom. The van der Waals surface area contributed by atoms with Crippen LogP contribution in [0.25, 0.3) is 0 Å². The highest BCUT2D eigenvalue weighted by Crippen LogP contribution is 2.26. The first-order valence-electron chi connectivity index (χ1n) is 6.09. The molecule has 1 saturated carbocycles. The third kappa shape index (κ3) is 5.49. The molecule has 0 amide bonds. The van der Waals surface area contributed by atoms with Gasteiger partial charge in [0.25, 0.3) is 0 Å². The van der Waals surface area contributed by atoms with Crippen LogP contribution in [-0.4, -0.2) is 24.1 Å². The van der Waals surface area contributed by atoms with E-state index in [0.717, 1.165) is 24.0 Å². The molecule has 1 N–H and O–H groups in total. The van der Waals surface area contributed by atoms with Crippen molar-refractivity contribution in [1.82, 2.24) is 5.32 Å². The molecule has 0 saturated heterocycles. The predicted octanol–water partition coefficient (Wildman–Crippen LogP) is 2.91. The van der Waals surface area contributed by atoms with E-state index in [2.05, 4.69) is 18.2 Å². The van der Waals surface area contributed by atoms with E-state index in [1.165, 1.54) is 32.1 Å². The van der Waals surface area contributed by atoms with Crippen molar-refractivity contribution >= 4 is 11.8 Å². The molecule has 1 aliphatic carbocycles. The molecule has 0 aromatic carbocycles. The highest BCUT2D eigenvalue weighted by molar-refractivity contribution is 7.99. The summed E-state index contributed by atoms with van der Waals surface area (Å²) >= 11 is 1.84. The van der Waals surface area contributed by atoms with Crippen molar-refractivity contribution in [2.45, 2.75) is 45.1 Å². The van der Waals surface area contributed by atoms with Gasteiger partial charge in [-0.15, -0.1) is 18.2 Å². The van der Waals surface area contributed by atoms with E-state index in [0.29, 0.717) is 6.04 Å². The summed E-state index contributed by atoms with van der Waals surface area (Å²) in [4.78, 5) is 0. The van der Waals surface area contributed by atoms with Crippen molar-refractivity contribution in [3.8, 4) is 12.3 Å². The zero-order valence-corrected chi connectivity index (χ0v) is 10.6. The lowest BCUT2D eigenvalue weighted by Gasteiger charge is -2.28. The fourth-order valence-electron chi connectivity index (χ4n) is 2.29. The minimum absolute atomic E-state index is 0.691. The lowest BCUT2D eigenvalue weighted by atomic mass is 9.84. The van der Waals surface area contributed by atoms with Gasteiger partial charge in [-0.3, -0.25) is 0 Å². The van der Waals surface area contributed by atoms with Crippen LogP contribution in [0.1, 0.15) is 39.0 Å². The SMILES string of the molecule is C#CCSCCNC(C)C1CCCCC1. The number of hydrogen-bond donors (Lipinski definition) is 1. The van der Waals surface area contributed by atoms with Crippen LogP contribution < -0.4 is 5.32 Å². The molecule has 0 bridgehead atoms. The third-order valence-electron chi connectivity index (χ3n) is 3.26. The van der Waals surface area contributed by atoms with Gasteiger partial charge in [-0.25, -0.2) is 0 Å². The van der Waals surface area contributed by atoms with E-state index in [-0.39, 0.29) is 0 Å². The lowest BCUT2D eigenvalue weighted by Crippen LogP contribution is -2.35. The van der Waals surface area contributed by atoms with E-state index in [9.17, 15) is 0 Å². The van der Waals surface area contributed by atoms with Crippen molar-refractivity contribution in [1.29, 1.82) is 0 Å². The molecule has 0 aromatic heterocycles. The average Bonchev–Trinajstić information content (AvgIpc) is 2.30. The van der Waals surface area contributed by atoms with Crippen molar-refractivity contribution in [3.63, 3.8) is 0 Å². The highest BCUT2D eigenvalue weighted by atomic mass is 32.2. The molecule has 1 unspecified atom stereocenters. The van der Waals surface area contributed by atoms with Crippen LogP contribution in [0.15, 0.2) is 0 Å². The molecule has 1 rings (SSSR count). The normalized spacial score (nSPS) is 19.7. The molecule has 0 spiro atoms. The smallest absolute Gasteiger partial charge is 0.0545 e. The van der Waals surface area contributed by atoms with Crippen LogP contribution in [0.5, 0.6) is 0 Å². The molecular weight excluding hydrogens is 202 g/mol. The van der Waals surface area contributed by atoms with Gasteiger partial charge in [0.2, 0.25) is 0 Å². The van der Waals surface area contributed by atoms with Gasteiger partial charge in [0, 0.05) is 18.3 Å². The molecule has 86 valence electrons. The van der Waals surface area contributed by atoms with Gasteiger partial charge < -0.3 is 5.32 Å². The Labute approximate surface area is 98.8 Å². The number of hydrogen-bond acceptors (Lipinski definition) is 2. The second-order valence-corrected chi connectivity index (χ2v) is 5.50. The van der Waals surface area contributed by atoms with Crippen LogP contribution in [0.2, 0.25) is 0 Å². The quantitative estimate of drug-likeness (QED) is 0.551. The van der Waals surface area contributed by atoms with Crippen LogP contribution in [0, 0.1) is 18.3 Å². The largest absolute Gasteiger partial charge is 0.313 e. The average molecular weight is 225 g/mol. The maximum Gasteiger partial charge on any atom is 0.0545 e. The van der Waals surface area contributed by atoms with Crippen molar-refractivity contribution in [2.75, 3.05) is 18.1 Å². The van der Waals surface area contributed by atoms with E-state index in [1.54, 1.807) is 0 Å².